The molecule has 3 aliphatic heterocycles. The van der Waals surface area contributed by atoms with Gasteiger partial charge in [-0.15, -0.1) is 0 Å². The van der Waals surface area contributed by atoms with Gasteiger partial charge in [0.15, 0.2) is 6.29 Å². The number of amides is 3. The summed E-state index contributed by atoms with van der Waals surface area (Å²) in [5, 5.41) is 18.2. The Labute approximate surface area is 258 Å². The van der Waals surface area contributed by atoms with Crippen LogP contribution in [0.4, 0.5) is 16.2 Å². The third kappa shape index (κ3) is 6.44. The van der Waals surface area contributed by atoms with E-state index in [0.29, 0.717) is 25.3 Å². The van der Waals surface area contributed by atoms with Crippen molar-refractivity contribution in [3.63, 3.8) is 0 Å². The molecule has 3 aliphatic rings. The van der Waals surface area contributed by atoms with Crippen LogP contribution in [0.2, 0.25) is 0 Å². The van der Waals surface area contributed by atoms with Crippen LogP contribution >= 0.6 is 0 Å². The Morgan fingerprint density at radius 1 is 0.977 bits per heavy atom. The number of benzene rings is 3. The third-order valence-corrected chi connectivity index (χ3v) is 8.94. The Bertz CT molecular complexity index is 1410. The van der Waals surface area contributed by atoms with Gasteiger partial charge in [-0.1, -0.05) is 54.6 Å². The molecule has 44 heavy (non-hydrogen) atoms. The quantitative estimate of drug-likeness (QED) is 0.305. The van der Waals surface area contributed by atoms with Crippen molar-refractivity contribution in [3.8, 4) is 0 Å². The van der Waals surface area contributed by atoms with Crippen molar-refractivity contribution in [3.05, 3.63) is 95.6 Å². The monoisotopic (exact) mass is 599 g/mol. The first-order valence-electron chi connectivity index (χ1n) is 15.5. The lowest BCUT2D eigenvalue weighted by Gasteiger charge is -2.45. The van der Waals surface area contributed by atoms with E-state index in [4.69, 9.17) is 9.47 Å². The van der Waals surface area contributed by atoms with Gasteiger partial charge in [-0.05, 0) is 55.2 Å². The van der Waals surface area contributed by atoms with E-state index in [1.54, 1.807) is 0 Å². The first kappa shape index (κ1) is 30.1. The van der Waals surface area contributed by atoms with Gasteiger partial charge in [-0.2, -0.15) is 0 Å². The van der Waals surface area contributed by atoms with E-state index < -0.39 is 11.8 Å². The second-order valence-corrected chi connectivity index (χ2v) is 11.7. The van der Waals surface area contributed by atoms with E-state index in [-0.39, 0.29) is 30.8 Å². The van der Waals surface area contributed by atoms with Gasteiger partial charge in [0.25, 0.3) is 0 Å². The molecule has 3 aromatic carbocycles. The molecule has 3 fully saturated rings. The summed E-state index contributed by atoms with van der Waals surface area (Å²) in [6.07, 6.45) is 1.30. The summed E-state index contributed by atoms with van der Waals surface area (Å²) in [6.45, 7) is 5.25. The number of hydrogen-bond donors (Lipinski definition) is 4. The molecule has 0 radical (unpaired) electrons. The number of anilines is 2. The molecule has 232 valence electrons. The van der Waals surface area contributed by atoms with Gasteiger partial charge in [-0.25, -0.2) is 4.79 Å². The molecule has 1 spiro atoms. The van der Waals surface area contributed by atoms with E-state index in [2.05, 4.69) is 37.9 Å². The summed E-state index contributed by atoms with van der Waals surface area (Å²) in [6, 6.07) is 25.3. The second-order valence-electron chi connectivity index (χ2n) is 11.7. The van der Waals surface area contributed by atoms with Gasteiger partial charge in [-0.3, -0.25) is 4.79 Å². The van der Waals surface area contributed by atoms with Crippen LogP contribution in [0.3, 0.4) is 0 Å². The molecule has 3 atom stereocenters. The summed E-state index contributed by atoms with van der Waals surface area (Å²) in [7, 11) is 0. The average Bonchev–Trinajstić information content (AvgIpc) is 3.37. The minimum absolute atomic E-state index is 0.00694. The topological polar surface area (TPSA) is 115 Å². The van der Waals surface area contributed by atoms with Gasteiger partial charge in [0, 0.05) is 49.5 Å². The smallest absolute Gasteiger partial charge is 0.319 e. The summed E-state index contributed by atoms with van der Waals surface area (Å²) < 4.78 is 13.1. The molecule has 10 heteroatoms. The summed E-state index contributed by atoms with van der Waals surface area (Å²) in [4.78, 5) is 29.7. The number of rotatable bonds is 8. The van der Waals surface area contributed by atoms with Crippen LogP contribution in [0.25, 0.3) is 0 Å². The lowest BCUT2D eigenvalue weighted by atomic mass is 9.85. The highest BCUT2D eigenvalue weighted by atomic mass is 16.7. The van der Waals surface area contributed by atoms with Gasteiger partial charge < -0.3 is 40.3 Å². The number of para-hydroxylation sites is 1. The van der Waals surface area contributed by atoms with Crippen LogP contribution in [0.5, 0.6) is 0 Å². The molecule has 4 N–H and O–H groups in total. The Hall–Kier alpha value is -3.96. The molecule has 0 bridgehead atoms. The molecule has 0 aromatic heterocycles. The fraction of sp³-hybridized carbons (Fsp3) is 0.412. The molecule has 3 amide bonds. The minimum Gasteiger partial charge on any atom is -0.392 e. The van der Waals surface area contributed by atoms with Crippen molar-refractivity contribution < 1.29 is 24.2 Å². The number of aliphatic hydroxyl groups excluding tert-OH is 1. The maximum atomic E-state index is 13.1. The number of hydrogen-bond acceptors (Lipinski definition) is 7. The molecule has 6 rings (SSSR count). The van der Waals surface area contributed by atoms with Crippen LogP contribution in [0.1, 0.15) is 55.3 Å². The first-order chi connectivity index (χ1) is 21.5. The van der Waals surface area contributed by atoms with E-state index in [1.165, 1.54) is 0 Å². The van der Waals surface area contributed by atoms with Crippen molar-refractivity contribution in [2.75, 3.05) is 43.1 Å². The molecule has 10 nitrogen and oxygen atoms in total. The number of urea groups is 1. The van der Waals surface area contributed by atoms with Gasteiger partial charge >= 0.3 is 6.03 Å². The van der Waals surface area contributed by atoms with Crippen LogP contribution < -0.4 is 20.9 Å². The number of piperidine rings is 1. The molecule has 0 saturated carbocycles. The second kappa shape index (κ2) is 13.4. The fourth-order valence-electron chi connectivity index (χ4n) is 6.52. The molecule has 3 heterocycles. The molecule has 3 aromatic rings. The van der Waals surface area contributed by atoms with Crippen LogP contribution in [0, 0.1) is 0 Å². The molecule has 3 unspecified atom stereocenters. The van der Waals surface area contributed by atoms with E-state index >= 15 is 0 Å². The first-order valence-corrected chi connectivity index (χ1v) is 15.5. The SMILES string of the molecule is CCNC(=O)Nc1ccc(C2OC(CN3CCC4(CC3)C(=O)NCN4c3ccccc3)CC(c3ccc(CO)cc3)O2)cc1. The zero-order valence-corrected chi connectivity index (χ0v) is 25.1. The van der Waals surface area contributed by atoms with Crippen molar-refractivity contribution >= 4 is 23.3 Å². The van der Waals surface area contributed by atoms with Crippen LogP contribution in [-0.2, 0) is 20.9 Å². The molecule has 0 aliphatic carbocycles. The third-order valence-electron chi connectivity index (χ3n) is 8.94. The minimum atomic E-state index is -0.583. The summed E-state index contributed by atoms with van der Waals surface area (Å²) in [5.41, 5.74) is 3.98. The predicted octanol–water partition coefficient (Wildman–Crippen LogP) is 4.29. The maximum absolute atomic E-state index is 13.1. The molecular weight excluding hydrogens is 558 g/mol. The van der Waals surface area contributed by atoms with Crippen LogP contribution in [-0.4, -0.2) is 66.4 Å². The number of ether oxygens (including phenoxy) is 2. The zero-order valence-electron chi connectivity index (χ0n) is 25.1. The molecular formula is C34H41N5O5. The van der Waals surface area contributed by atoms with E-state index in [9.17, 15) is 14.7 Å². The van der Waals surface area contributed by atoms with Crippen molar-refractivity contribution in [1.82, 2.24) is 15.5 Å². The van der Waals surface area contributed by atoms with E-state index in [0.717, 1.165) is 54.9 Å². The van der Waals surface area contributed by atoms with Gasteiger partial charge in [0.05, 0.1) is 25.5 Å². The normalized spacial score (nSPS) is 23.4. The highest BCUT2D eigenvalue weighted by molar-refractivity contribution is 5.93. The van der Waals surface area contributed by atoms with Crippen LogP contribution in [0.15, 0.2) is 78.9 Å². The Balaban J connectivity index is 1.15. The number of nitrogens with zero attached hydrogens (tertiary/aromatic N) is 2. The maximum Gasteiger partial charge on any atom is 0.319 e. The van der Waals surface area contributed by atoms with Gasteiger partial charge in [0.1, 0.15) is 5.54 Å². The summed E-state index contributed by atoms with van der Waals surface area (Å²) in [5.74, 6) is 0.111. The molecule has 3 saturated heterocycles. The zero-order chi connectivity index (χ0) is 30.5. The number of carbonyl (C=O) groups excluding carboxylic acids is 2. The lowest BCUT2D eigenvalue weighted by molar-refractivity contribution is -0.253. The predicted molar refractivity (Wildman–Crippen MR) is 168 cm³/mol. The van der Waals surface area contributed by atoms with Crippen molar-refractivity contribution in [1.29, 1.82) is 0 Å². The van der Waals surface area contributed by atoms with Crippen molar-refractivity contribution in [2.45, 2.75) is 56.8 Å². The van der Waals surface area contributed by atoms with Gasteiger partial charge in [0.2, 0.25) is 5.91 Å². The van der Waals surface area contributed by atoms with E-state index in [1.807, 2.05) is 73.7 Å². The lowest BCUT2D eigenvalue weighted by Crippen LogP contribution is -2.57. The van der Waals surface area contributed by atoms with Crippen molar-refractivity contribution in [2.24, 2.45) is 0 Å². The summed E-state index contributed by atoms with van der Waals surface area (Å²) >= 11 is 0. The largest absolute Gasteiger partial charge is 0.392 e. The number of likely N-dealkylation sites (tertiary alicyclic amines) is 1. The Kier molecular flexibility index (Phi) is 9.13. The Morgan fingerprint density at radius 3 is 2.36 bits per heavy atom. The number of nitrogens with one attached hydrogen (secondary N) is 3. The standard InChI is InChI=1S/C34H41N5O5/c1-2-35-33(42)37-27-14-12-26(13-15-27)31-43-29(20-30(44-31)25-10-8-24(22-40)9-11-25)21-38-18-16-34(17-19-38)32(41)36-23-39(34)28-6-4-3-5-7-28/h3-15,29-31,40H,2,16-23H2,1H3,(H,36,41)(H2,35,37,42). The highest BCUT2D eigenvalue weighted by Crippen LogP contribution is 2.40. The highest BCUT2D eigenvalue weighted by Gasteiger charge is 2.50. The fourth-order valence-corrected chi connectivity index (χ4v) is 6.52. The Morgan fingerprint density at radius 2 is 1.68 bits per heavy atom. The number of aliphatic hydroxyl groups is 1. The average molecular weight is 600 g/mol. The number of carbonyl (C=O) groups is 2.